The number of hydrogen-bond acceptors (Lipinski definition) is 3. The fraction of sp³-hybridized carbons (Fsp3) is 0.421. The van der Waals surface area contributed by atoms with Gasteiger partial charge < -0.3 is 9.88 Å². The molecule has 0 bridgehead atoms. The van der Waals surface area contributed by atoms with Gasteiger partial charge in [-0.2, -0.15) is 5.10 Å². The number of likely N-dealkylation sites (tertiary alicyclic amines) is 1. The van der Waals surface area contributed by atoms with E-state index in [0.29, 0.717) is 11.5 Å². The van der Waals surface area contributed by atoms with Crippen LogP contribution in [-0.4, -0.2) is 43.6 Å². The summed E-state index contributed by atoms with van der Waals surface area (Å²) < 4.78 is 1.83. The molecule has 25 heavy (non-hydrogen) atoms. The summed E-state index contributed by atoms with van der Waals surface area (Å²) in [5, 5.41) is 4.29. The number of hydrogen-bond donors (Lipinski definition) is 1. The molecule has 4 rings (SSSR count). The third-order valence-electron chi connectivity index (χ3n) is 4.94. The van der Waals surface area contributed by atoms with Crippen LogP contribution in [0.3, 0.4) is 0 Å². The van der Waals surface area contributed by atoms with Crippen molar-refractivity contribution >= 4 is 16.9 Å². The molecular weight excluding hydrogens is 314 g/mol. The Morgan fingerprint density at radius 1 is 1.40 bits per heavy atom. The van der Waals surface area contributed by atoms with Crippen LogP contribution >= 0.6 is 0 Å². The molecule has 3 aromatic rings. The first kappa shape index (κ1) is 15.9. The van der Waals surface area contributed by atoms with E-state index in [-0.39, 0.29) is 11.9 Å². The predicted molar refractivity (Wildman–Crippen MR) is 96.6 cm³/mol. The summed E-state index contributed by atoms with van der Waals surface area (Å²) in [6, 6.07) is 6.35. The molecule has 1 fully saturated rings. The minimum absolute atomic E-state index is 0.0748. The summed E-state index contributed by atoms with van der Waals surface area (Å²) in [4.78, 5) is 22.6. The number of H-pyrrole nitrogens is 1. The molecule has 4 heterocycles. The van der Waals surface area contributed by atoms with Crippen LogP contribution in [0.4, 0.5) is 0 Å². The molecule has 3 aromatic heterocycles. The molecule has 1 aliphatic heterocycles. The highest BCUT2D eigenvalue weighted by Crippen LogP contribution is 2.29. The minimum Gasteiger partial charge on any atom is -0.357 e. The lowest BCUT2D eigenvalue weighted by atomic mass is 9.94. The zero-order valence-electron chi connectivity index (χ0n) is 14.6. The molecule has 1 aliphatic rings. The molecule has 1 atom stereocenters. The first-order valence-electron chi connectivity index (χ1n) is 8.89. The molecule has 0 spiro atoms. The Balaban J connectivity index is 1.52. The second-order valence-corrected chi connectivity index (χ2v) is 7.05. The van der Waals surface area contributed by atoms with E-state index in [1.54, 1.807) is 6.20 Å². The summed E-state index contributed by atoms with van der Waals surface area (Å²) in [7, 11) is 0. The molecule has 0 unspecified atom stereocenters. The van der Waals surface area contributed by atoms with Crippen molar-refractivity contribution < 1.29 is 4.79 Å². The molecule has 1 saturated heterocycles. The Kier molecular flexibility index (Phi) is 4.03. The topological polar surface area (TPSA) is 66.8 Å². The smallest absolute Gasteiger partial charge is 0.257 e. The maximum atomic E-state index is 12.8. The maximum Gasteiger partial charge on any atom is 0.257 e. The third-order valence-corrected chi connectivity index (χ3v) is 4.94. The van der Waals surface area contributed by atoms with Crippen LogP contribution in [0.2, 0.25) is 0 Å². The molecule has 6 heteroatoms. The molecule has 130 valence electrons. The molecule has 0 aromatic carbocycles. The Labute approximate surface area is 146 Å². The van der Waals surface area contributed by atoms with Crippen molar-refractivity contribution in [2.75, 3.05) is 13.1 Å². The third kappa shape index (κ3) is 3.04. The number of aromatic nitrogens is 4. The van der Waals surface area contributed by atoms with Gasteiger partial charge in [0.15, 0.2) is 0 Å². The number of aromatic amines is 1. The maximum absolute atomic E-state index is 12.8. The van der Waals surface area contributed by atoms with Gasteiger partial charge in [0, 0.05) is 43.1 Å². The SMILES string of the molecule is CC(C)n1cc(C(=O)N2CCC[C@@H](c3cc4ncccc4[nH]3)C2)cn1. The van der Waals surface area contributed by atoms with E-state index in [1.807, 2.05) is 34.1 Å². The fourth-order valence-corrected chi connectivity index (χ4v) is 3.53. The molecule has 6 nitrogen and oxygen atoms in total. The number of nitrogens with zero attached hydrogens (tertiary/aromatic N) is 4. The first-order chi connectivity index (χ1) is 12.1. The van der Waals surface area contributed by atoms with Gasteiger partial charge in [-0.3, -0.25) is 14.5 Å². The number of carbonyl (C=O) groups is 1. The van der Waals surface area contributed by atoms with E-state index in [1.165, 1.54) is 5.69 Å². The normalized spacial score (nSPS) is 18.2. The van der Waals surface area contributed by atoms with Crippen molar-refractivity contribution in [3.05, 3.63) is 48.0 Å². The van der Waals surface area contributed by atoms with Crippen LogP contribution in [0.15, 0.2) is 36.8 Å². The second-order valence-electron chi connectivity index (χ2n) is 7.05. The van der Waals surface area contributed by atoms with Crippen molar-refractivity contribution in [1.29, 1.82) is 0 Å². The molecule has 0 radical (unpaired) electrons. The Morgan fingerprint density at radius 2 is 2.28 bits per heavy atom. The second kappa shape index (κ2) is 6.35. The van der Waals surface area contributed by atoms with Crippen LogP contribution in [0.5, 0.6) is 0 Å². The number of carbonyl (C=O) groups excluding carboxylic acids is 1. The lowest BCUT2D eigenvalue weighted by molar-refractivity contribution is 0.0706. The van der Waals surface area contributed by atoms with Crippen molar-refractivity contribution in [2.24, 2.45) is 0 Å². The van der Waals surface area contributed by atoms with Crippen molar-refractivity contribution in [1.82, 2.24) is 24.6 Å². The minimum atomic E-state index is 0.0748. The average Bonchev–Trinajstić information content (AvgIpc) is 3.28. The van der Waals surface area contributed by atoms with Gasteiger partial charge >= 0.3 is 0 Å². The van der Waals surface area contributed by atoms with E-state index >= 15 is 0 Å². The van der Waals surface area contributed by atoms with E-state index in [2.05, 4.69) is 35.0 Å². The van der Waals surface area contributed by atoms with E-state index in [4.69, 9.17) is 0 Å². The van der Waals surface area contributed by atoms with Gasteiger partial charge in [-0.25, -0.2) is 0 Å². The Bertz CT molecular complexity index is 861. The summed E-state index contributed by atoms with van der Waals surface area (Å²) >= 11 is 0. The van der Waals surface area contributed by atoms with Gasteiger partial charge in [0.1, 0.15) is 0 Å². The van der Waals surface area contributed by atoms with Gasteiger partial charge in [0.25, 0.3) is 5.91 Å². The lowest BCUT2D eigenvalue weighted by Gasteiger charge is -2.32. The number of rotatable bonds is 3. The Hall–Kier alpha value is -2.63. The van der Waals surface area contributed by atoms with Gasteiger partial charge in [-0.1, -0.05) is 0 Å². The van der Waals surface area contributed by atoms with Crippen molar-refractivity contribution in [3.8, 4) is 0 Å². The molecule has 0 aliphatic carbocycles. The van der Waals surface area contributed by atoms with Crippen LogP contribution in [0.25, 0.3) is 11.0 Å². The number of nitrogens with one attached hydrogen (secondary N) is 1. The fourth-order valence-electron chi connectivity index (χ4n) is 3.53. The predicted octanol–water partition coefficient (Wildman–Crippen LogP) is 3.36. The number of piperidine rings is 1. The van der Waals surface area contributed by atoms with Crippen LogP contribution in [0.1, 0.15) is 54.7 Å². The molecule has 1 N–H and O–H groups in total. The molecule has 0 saturated carbocycles. The lowest BCUT2D eigenvalue weighted by Crippen LogP contribution is -2.39. The largest absolute Gasteiger partial charge is 0.357 e. The number of fused-ring (bicyclic) bond motifs is 1. The summed E-state index contributed by atoms with van der Waals surface area (Å²) in [6.45, 7) is 5.66. The summed E-state index contributed by atoms with van der Waals surface area (Å²) in [6.07, 6.45) is 7.44. The average molecular weight is 337 g/mol. The van der Waals surface area contributed by atoms with Crippen molar-refractivity contribution in [3.63, 3.8) is 0 Å². The molecule has 1 amide bonds. The highest BCUT2D eigenvalue weighted by molar-refractivity contribution is 5.93. The zero-order valence-corrected chi connectivity index (χ0v) is 14.6. The summed E-state index contributed by atoms with van der Waals surface area (Å²) in [5.41, 5.74) is 3.88. The van der Waals surface area contributed by atoms with Crippen LogP contribution < -0.4 is 0 Å². The zero-order chi connectivity index (χ0) is 17.4. The highest BCUT2D eigenvalue weighted by Gasteiger charge is 2.27. The standard InChI is InChI=1S/C19H23N5O/c1-13(2)24-12-15(10-21-24)19(25)23-8-4-5-14(11-23)17-9-18-16(22-17)6-3-7-20-18/h3,6-7,9-10,12-14,22H,4-5,8,11H2,1-2H3/t14-/m1/s1. The van der Waals surface area contributed by atoms with E-state index in [0.717, 1.165) is 37.0 Å². The van der Waals surface area contributed by atoms with Gasteiger partial charge in [0.05, 0.1) is 22.8 Å². The quantitative estimate of drug-likeness (QED) is 0.797. The van der Waals surface area contributed by atoms with Gasteiger partial charge in [-0.15, -0.1) is 0 Å². The van der Waals surface area contributed by atoms with E-state index < -0.39 is 0 Å². The number of amides is 1. The van der Waals surface area contributed by atoms with Gasteiger partial charge in [-0.05, 0) is 44.9 Å². The molecular formula is C19H23N5O. The first-order valence-corrected chi connectivity index (χ1v) is 8.89. The monoisotopic (exact) mass is 337 g/mol. The van der Waals surface area contributed by atoms with Crippen LogP contribution in [0, 0.1) is 0 Å². The summed E-state index contributed by atoms with van der Waals surface area (Å²) in [5.74, 6) is 0.401. The highest BCUT2D eigenvalue weighted by atomic mass is 16.2. The number of pyridine rings is 1. The Morgan fingerprint density at radius 3 is 3.04 bits per heavy atom. The van der Waals surface area contributed by atoms with Crippen LogP contribution in [-0.2, 0) is 0 Å². The van der Waals surface area contributed by atoms with Crippen molar-refractivity contribution in [2.45, 2.75) is 38.6 Å². The van der Waals surface area contributed by atoms with E-state index in [9.17, 15) is 4.79 Å². The van der Waals surface area contributed by atoms with Gasteiger partial charge in [0.2, 0.25) is 0 Å².